The molecule has 2 aliphatic heterocycles. The van der Waals surface area contributed by atoms with Crippen LogP contribution in [-0.2, 0) is 6.54 Å². The summed E-state index contributed by atoms with van der Waals surface area (Å²) in [5, 5.41) is 10.5. The lowest BCUT2D eigenvalue weighted by atomic mass is 9.83. The summed E-state index contributed by atoms with van der Waals surface area (Å²) in [4.78, 5) is 14.5. The molecule has 0 radical (unpaired) electrons. The molecule has 2 bridgehead atoms. The molecule has 3 atom stereocenters. The van der Waals surface area contributed by atoms with Gasteiger partial charge < -0.3 is 9.67 Å². The molecule has 3 rings (SSSR count). The van der Waals surface area contributed by atoms with E-state index in [1.807, 2.05) is 22.4 Å². The van der Waals surface area contributed by atoms with Crippen LogP contribution in [0.2, 0.25) is 0 Å². The summed E-state index contributed by atoms with van der Waals surface area (Å²) < 4.78 is 1.98. The second kappa shape index (κ2) is 10.7. The average Bonchev–Trinajstić information content (AvgIpc) is 2.65. The lowest BCUT2D eigenvalue weighted by molar-refractivity contribution is 0.0717. The minimum absolute atomic E-state index is 0.141. The minimum Gasteiger partial charge on any atom is -0.391 e. The van der Waals surface area contributed by atoms with Crippen LogP contribution in [0.4, 0.5) is 0 Å². The third-order valence-corrected chi connectivity index (χ3v) is 7.17. The Morgan fingerprint density at radius 2 is 1.96 bits per heavy atom. The predicted molar refractivity (Wildman–Crippen MR) is 115 cm³/mol. The zero-order chi connectivity index (χ0) is 19.1. The number of likely N-dealkylation sites (tertiary alicyclic amines) is 1. The summed E-state index contributed by atoms with van der Waals surface area (Å²) in [6.45, 7) is 5.85. The van der Waals surface area contributed by atoms with E-state index in [4.69, 9.17) is 0 Å². The minimum atomic E-state index is -0.244. The quantitative estimate of drug-likeness (QED) is 0.583. The van der Waals surface area contributed by atoms with Gasteiger partial charge in [-0.25, -0.2) is 0 Å². The molecule has 1 N–H and O–H groups in total. The van der Waals surface area contributed by atoms with Crippen molar-refractivity contribution in [3.8, 4) is 0 Å². The number of aromatic nitrogens is 1. The van der Waals surface area contributed by atoms with E-state index in [2.05, 4.69) is 17.9 Å². The molecule has 2 aliphatic rings. The molecule has 27 heavy (non-hydrogen) atoms. The molecule has 0 aliphatic carbocycles. The number of piperidine rings is 1. The van der Waals surface area contributed by atoms with E-state index in [1.54, 1.807) is 6.07 Å². The van der Waals surface area contributed by atoms with E-state index in [1.165, 1.54) is 56.4 Å². The molecule has 4 nitrogen and oxygen atoms in total. The molecule has 0 amide bonds. The van der Waals surface area contributed by atoms with Crippen LogP contribution in [0.1, 0.15) is 63.5 Å². The number of aliphatic hydroxyl groups is 1. The monoisotopic (exact) mass is 392 g/mol. The van der Waals surface area contributed by atoms with Gasteiger partial charge in [-0.1, -0.05) is 45.1 Å². The van der Waals surface area contributed by atoms with Crippen LogP contribution in [0, 0.1) is 5.92 Å². The maximum Gasteiger partial charge on any atom is 0.250 e. The summed E-state index contributed by atoms with van der Waals surface area (Å²) in [5.74, 6) is 3.00. The highest BCUT2D eigenvalue weighted by molar-refractivity contribution is 7.99. The van der Waals surface area contributed by atoms with E-state index < -0.39 is 0 Å². The molecule has 1 aromatic rings. The van der Waals surface area contributed by atoms with Gasteiger partial charge in [0, 0.05) is 49.6 Å². The Balaban J connectivity index is 1.36. The number of pyridine rings is 1. The van der Waals surface area contributed by atoms with Crippen molar-refractivity contribution in [1.82, 2.24) is 9.47 Å². The van der Waals surface area contributed by atoms with Crippen molar-refractivity contribution in [3.63, 3.8) is 0 Å². The van der Waals surface area contributed by atoms with E-state index in [-0.39, 0.29) is 11.7 Å². The average molecular weight is 393 g/mol. The number of nitrogens with zero attached hydrogens (tertiary/aromatic N) is 2. The molecule has 0 unspecified atom stereocenters. The van der Waals surface area contributed by atoms with Gasteiger partial charge in [-0.3, -0.25) is 9.69 Å². The van der Waals surface area contributed by atoms with Crippen LogP contribution in [0.15, 0.2) is 23.0 Å². The largest absolute Gasteiger partial charge is 0.391 e. The molecule has 1 aromatic heterocycles. The van der Waals surface area contributed by atoms with Crippen LogP contribution in [0.3, 0.4) is 0 Å². The van der Waals surface area contributed by atoms with Crippen LogP contribution in [0.25, 0.3) is 0 Å². The molecule has 152 valence electrons. The highest BCUT2D eigenvalue weighted by Gasteiger charge is 2.34. The van der Waals surface area contributed by atoms with Crippen molar-refractivity contribution in [2.75, 3.05) is 31.1 Å². The van der Waals surface area contributed by atoms with Gasteiger partial charge in [0.05, 0.1) is 6.10 Å². The maximum atomic E-state index is 12.1. The fourth-order valence-corrected chi connectivity index (χ4v) is 5.65. The van der Waals surface area contributed by atoms with Crippen molar-refractivity contribution in [1.29, 1.82) is 0 Å². The first-order valence-corrected chi connectivity index (χ1v) is 12.0. The SMILES string of the molecule is CCCCCCCCSC[C@@H](O)CN1C[C@@H]2C[C@H](C1)c1cccc(=O)n1C2. The molecule has 0 aromatic carbocycles. The first kappa shape index (κ1) is 20.9. The number of β-amino-alcohol motifs (C(OH)–C–C–N with tert-alkyl or cyclic N) is 1. The Morgan fingerprint density at radius 3 is 2.81 bits per heavy atom. The van der Waals surface area contributed by atoms with Gasteiger partial charge in [-0.05, 0) is 30.6 Å². The van der Waals surface area contributed by atoms with Crippen LogP contribution >= 0.6 is 11.8 Å². The van der Waals surface area contributed by atoms with Gasteiger partial charge in [0.25, 0.3) is 5.56 Å². The number of hydrogen-bond acceptors (Lipinski definition) is 4. The number of fused-ring (bicyclic) bond motifs is 4. The van der Waals surface area contributed by atoms with Crippen molar-refractivity contribution >= 4 is 11.8 Å². The Bertz CT molecular complexity index is 633. The summed E-state index contributed by atoms with van der Waals surface area (Å²) >= 11 is 1.90. The van der Waals surface area contributed by atoms with Crippen LogP contribution in [0.5, 0.6) is 0 Å². The second-order valence-electron chi connectivity index (χ2n) is 8.41. The smallest absolute Gasteiger partial charge is 0.250 e. The summed E-state index contributed by atoms with van der Waals surface area (Å²) in [6, 6.07) is 5.67. The second-order valence-corrected chi connectivity index (χ2v) is 9.56. The Labute approximate surface area is 168 Å². The standard InChI is InChI=1S/C22H36N2O2S/c1-2-3-4-5-6-7-11-27-17-20(25)16-23-13-18-12-19(15-23)21-9-8-10-22(26)24(21)14-18/h8-10,18-20,25H,2-7,11-17H2,1H3/t18-,19+,20-/m0/s1. The van der Waals surface area contributed by atoms with E-state index in [0.717, 1.165) is 31.9 Å². The Kier molecular flexibility index (Phi) is 8.28. The van der Waals surface area contributed by atoms with Crippen molar-refractivity contribution in [3.05, 3.63) is 34.2 Å². The van der Waals surface area contributed by atoms with E-state index >= 15 is 0 Å². The first-order chi connectivity index (χ1) is 13.2. The van der Waals surface area contributed by atoms with Gasteiger partial charge in [0.15, 0.2) is 0 Å². The molecule has 1 fully saturated rings. The highest BCUT2D eigenvalue weighted by Crippen LogP contribution is 2.34. The fourth-order valence-electron chi connectivity index (χ4n) is 4.70. The lowest BCUT2D eigenvalue weighted by Gasteiger charge is -2.43. The maximum absolute atomic E-state index is 12.1. The lowest BCUT2D eigenvalue weighted by Crippen LogP contribution is -2.49. The Morgan fingerprint density at radius 1 is 1.15 bits per heavy atom. The Hall–Kier alpha value is -0.780. The van der Waals surface area contributed by atoms with Crippen LogP contribution < -0.4 is 5.56 Å². The zero-order valence-corrected chi connectivity index (χ0v) is 17.6. The van der Waals surface area contributed by atoms with Gasteiger partial charge in [-0.15, -0.1) is 0 Å². The summed E-state index contributed by atoms with van der Waals surface area (Å²) in [7, 11) is 0. The number of thioether (sulfide) groups is 1. The normalized spacial score (nSPS) is 23.2. The highest BCUT2D eigenvalue weighted by atomic mass is 32.2. The van der Waals surface area contributed by atoms with Crippen molar-refractivity contribution in [2.24, 2.45) is 5.92 Å². The van der Waals surface area contributed by atoms with Crippen LogP contribution in [-0.4, -0.2) is 51.8 Å². The number of rotatable bonds is 11. The molecule has 3 heterocycles. The third-order valence-electron chi connectivity index (χ3n) is 5.98. The van der Waals surface area contributed by atoms with Gasteiger partial charge >= 0.3 is 0 Å². The third kappa shape index (κ3) is 6.10. The number of hydrogen-bond donors (Lipinski definition) is 1. The predicted octanol–water partition coefficient (Wildman–Crippen LogP) is 3.72. The molecule has 0 saturated carbocycles. The molecule has 0 spiro atoms. The molecular weight excluding hydrogens is 356 g/mol. The van der Waals surface area contributed by atoms with E-state index in [0.29, 0.717) is 11.8 Å². The topological polar surface area (TPSA) is 45.5 Å². The molecule has 5 heteroatoms. The fraction of sp³-hybridized carbons (Fsp3) is 0.773. The number of aliphatic hydroxyl groups excluding tert-OH is 1. The zero-order valence-electron chi connectivity index (χ0n) is 16.8. The van der Waals surface area contributed by atoms with E-state index in [9.17, 15) is 9.90 Å². The van der Waals surface area contributed by atoms with Gasteiger partial charge in [0.1, 0.15) is 0 Å². The summed E-state index contributed by atoms with van der Waals surface area (Å²) in [5.41, 5.74) is 1.33. The van der Waals surface area contributed by atoms with Crippen molar-refractivity contribution in [2.45, 2.75) is 70.4 Å². The van der Waals surface area contributed by atoms with Gasteiger partial charge in [-0.2, -0.15) is 11.8 Å². The molecular formula is C22H36N2O2S. The number of unbranched alkanes of at least 4 members (excludes halogenated alkanes) is 5. The summed E-state index contributed by atoms with van der Waals surface area (Å²) in [6.07, 6.45) is 8.95. The van der Waals surface area contributed by atoms with Crippen molar-refractivity contribution < 1.29 is 5.11 Å². The van der Waals surface area contributed by atoms with Gasteiger partial charge in [0.2, 0.25) is 0 Å². The first-order valence-electron chi connectivity index (χ1n) is 10.8. The molecule has 1 saturated heterocycles.